The maximum atomic E-state index is 13.3. The Morgan fingerprint density at radius 1 is 1.03 bits per heavy atom. The summed E-state index contributed by atoms with van der Waals surface area (Å²) in [5.74, 6) is -0.436. The Bertz CT molecular complexity index is 1010. The number of Topliss-reactive ketones (excluding diaryl/α,β-unsaturated/α-hetero) is 1. The minimum absolute atomic E-state index is 0.100. The number of anilines is 1. The van der Waals surface area contributed by atoms with Gasteiger partial charge in [0.05, 0.1) is 31.5 Å². The van der Waals surface area contributed by atoms with Crippen molar-refractivity contribution in [1.82, 2.24) is 0 Å². The zero-order valence-electron chi connectivity index (χ0n) is 18.9. The van der Waals surface area contributed by atoms with Crippen LogP contribution in [0.5, 0.6) is 11.5 Å². The first kappa shape index (κ1) is 22.4. The Morgan fingerprint density at radius 3 is 2.03 bits per heavy atom. The third-order valence-corrected chi connectivity index (χ3v) is 5.45. The zero-order chi connectivity index (χ0) is 22.9. The third kappa shape index (κ3) is 4.15. The van der Waals surface area contributed by atoms with Crippen molar-refractivity contribution in [3.8, 4) is 11.5 Å². The molecule has 1 N–H and O–H groups in total. The summed E-state index contributed by atoms with van der Waals surface area (Å²) in [7, 11) is 3.05. The van der Waals surface area contributed by atoms with Crippen LogP contribution in [0.25, 0.3) is 0 Å². The normalized spacial score (nSPS) is 16.6. The number of hydrogen-bond acceptors (Lipinski definition) is 5. The molecule has 0 aliphatic carbocycles. The summed E-state index contributed by atoms with van der Waals surface area (Å²) in [5.41, 5.74) is 1.67. The van der Waals surface area contributed by atoms with Crippen LogP contribution in [0.4, 0.5) is 5.69 Å². The van der Waals surface area contributed by atoms with Gasteiger partial charge in [-0.2, -0.15) is 0 Å². The molecule has 0 spiro atoms. The Kier molecular flexibility index (Phi) is 6.11. The number of rotatable bonds is 6. The summed E-state index contributed by atoms with van der Waals surface area (Å²) in [6.07, 6.45) is 0.871. The summed E-state index contributed by atoms with van der Waals surface area (Å²) < 4.78 is 10.7. The number of aryl methyl sites for hydroxylation is 1. The fourth-order valence-electron chi connectivity index (χ4n) is 3.69. The molecule has 3 rings (SSSR count). The SMILES string of the molecule is CCc1ccc(C2C(C(=O)C(C)(C)C)=C(O)C(=O)N2c2cc(OC)cc(OC)c2)cc1. The number of ether oxygens (including phenoxy) is 2. The lowest BCUT2D eigenvalue weighted by molar-refractivity contribution is -0.123. The van der Waals surface area contributed by atoms with Crippen molar-refractivity contribution in [2.75, 3.05) is 19.1 Å². The standard InChI is InChI=1S/C25H29NO5/c1-7-15-8-10-16(11-9-15)21-20(23(28)25(2,3)4)22(27)24(29)26(21)17-12-18(30-5)14-19(13-17)31-6/h8-14,21,27H,7H2,1-6H3. The van der Waals surface area contributed by atoms with Gasteiger partial charge >= 0.3 is 0 Å². The van der Waals surface area contributed by atoms with Crippen molar-refractivity contribution in [2.24, 2.45) is 5.41 Å². The first-order valence-electron chi connectivity index (χ1n) is 10.3. The van der Waals surface area contributed by atoms with E-state index < -0.39 is 23.1 Å². The van der Waals surface area contributed by atoms with E-state index in [1.807, 2.05) is 24.3 Å². The van der Waals surface area contributed by atoms with Crippen LogP contribution in [0.2, 0.25) is 0 Å². The van der Waals surface area contributed by atoms with E-state index in [-0.39, 0.29) is 11.4 Å². The van der Waals surface area contributed by atoms with Gasteiger partial charge in [-0.05, 0) is 17.5 Å². The van der Waals surface area contributed by atoms with Gasteiger partial charge in [-0.25, -0.2) is 0 Å². The summed E-state index contributed by atoms with van der Waals surface area (Å²) in [5, 5.41) is 10.8. The van der Waals surface area contributed by atoms with Gasteiger partial charge in [0.2, 0.25) is 0 Å². The average molecular weight is 424 g/mol. The van der Waals surface area contributed by atoms with E-state index in [9.17, 15) is 14.7 Å². The molecule has 6 nitrogen and oxygen atoms in total. The number of amides is 1. The monoisotopic (exact) mass is 423 g/mol. The molecule has 31 heavy (non-hydrogen) atoms. The molecule has 1 amide bonds. The lowest BCUT2D eigenvalue weighted by Crippen LogP contribution is -2.32. The van der Waals surface area contributed by atoms with Gasteiger partial charge in [-0.1, -0.05) is 52.0 Å². The van der Waals surface area contributed by atoms with Crippen LogP contribution >= 0.6 is 0 Å². The smallest absolute Gasteiger partial charge is 0.294 e. The van der Waals surface area contributed by atoms with E-state index in [0.717, 1.165) is 17.5 Å². The molecule has 0 bridgehead atoms. The second kappa shape index (κ2) is 8.46. The minimum atomic E-state index is -0.771. The van der Waals surface area contributed by atoms with Crippen molar-refractivity contribution in [3.63, 3.8) is 0 Å². The summed E-state index contributed by atoms with van der Waals surface area (Å²) >= 11 is 0. The van der Waals surface area contributed by atoms with Crippen LogP contribution in [0.15, 0.2) is 53.8 Å². The van der Waals surface area contributed by atoms with Crippen LogP contribution in [-0.2, 0) is 16.0 Å². The van der Waals surface area contributed by atoms with Gasteiger partial charge in [0.15, 0.2) is 11.5 Å². The molecule has 0 aromatic heterocycles. The predicted octanol–water partition coefficient (Wildman–Crippen LogP) is 4.78. The molecular formula is C25H29NO5. The molecule has 0 fully saturated rings. The number of nitrogens with zero attached hydrogens (tertiary/aromatic N) is 1. The minimum Gasteiger partial charge on any atom is -0.503 e. The van der Waals surface area contributed by atoms with Crippen LogP contribution in [0, 0.1) is 5.41 Å². The number of carbonyl (C=O) groups excluding carboxylic acids is 2. The second-order valence-corrected chi connectivity index (χ2v) is 8.59. The number of benzene rings is 2. The fourth-order valence-corrected chi connectivity index (χ4v) is 3.69. The molecule has 0 saturated heterocycles. The first-order chi connectivity index (χ1) is 14.6. The highest BCUT2D eigenvalue weighted by molar-refractivity contribution is 6.17. The molecule has 2 aromatic rings. The third-order valence-electron chi connectivity index (χ3n) is 5.45. The number of methoxy groups -OCH3 is 2. The zero-order valence-corrected chi connectivity index (χ0v) is 18.9. The van der Waals surface area contributed by atoms with Crippen LogP contribution in [0.3, 0.4) is 0 Å². The van der Waals surface area contributed by atoms with Crippen LogP contribution in [-0.4, -0.2) is 31.0 Å². The highest BCUT2D eigenvalue weighted by atomic mass is 16.5. The van der Waals surface area contributed by atoms with E-state index in [0.29, 0.717) is 17.2 Å². The molecule has 0 radical (unpaired) electrons. The molecular weight excluding hydrogens is 394 g/mol. The highest BCUT2D eigenvalue weighted by Crippen LogP contribution is 2.44. The molecule has 1 unspecified atom stereocenters. The summed E-state index contributed by atoms with van der Waals surface area (Å²) in [6, 6.07) is 12.0. The van der Waals surface area contributed by atoms with Crippen molar-refractivity contribution in [3.05, 3.63) is 64.9 Å². The average Bonchev–Trinajstić information content (AvgIpc) is 3.02. The summed E-state index contributed by atoms with van der Waals surface area (Å²) in [4.78, 5) is 28.0. The van der Waals surface area contributed by atoms with E-state index >= 15 is 0 Å². The Balaban J connectivity index is 2.23. The van der Waals surface area contributed by atoms with E-state index in [1.54, 1.807) is 39.0 Å². The molecule has 164 valence electrons. The lowest BCUT2D eigenvalue weighted by atomic mass is 9.82. The van der Waals surface area contributed by atoms with Gasteiger partial charge in [0, 0.05) is 23.6 Å². The van der Waals surface area contributed by atoms with Gasteiger partial charge in [-0.3, -0.25) is 14.5 Å². The second-order valence-electron chi connectivity index (χ2n) is 8.59. The van der Waals surface area contributed by atoms with Crippen molar-refractivity contribution >= 4 is 17.4 Å². The quantitative estimate of drug-likeness (QED) is 0.724. The molecule has 1 aliphatic rings. The topological polar surface area (TPSA) is 76.1 Å². The largest absolute Gasteiger partial charge is 0.503 e. The molecule has 6 heteroatoms. The van der Waals surface area contributed by atoms with Gasteiger partial charge in [0.1, 0.15) is 11.5 Å². The maximum Gasteiger partial charge on any atom is 0.294 e. The van der Waals surface area contributed by atoms with Gasteiger partial charge < -0.3 is 14.6 Å². The Morgan fingerprint density at radius 2 is 1.58 bits per heavy atom. The van der Waals surface area contributed by atoms with Gasteiger partial charge in [-0.15, -0.1) is 0 Å². The molecule has 1 heterocycles. The molecule has 0 saturated carbocycles. The molecule has 1 aliphatic heterocycles. The predicted molar refractivity (Wildman–Crippen MR) is 120 cm³/mol. The van der Waals surface area contributed by atoms with E-state index in [2.05, 4.69) is 6.92 Å². The lowest BCUT2D eigenvalue weighted by Gasteiger charge is -2.29. The number of aliphatic hydroxyl groups is 1. The first-order valence-corrected chi connectivity index (χ1v) is 10.3. The molecule has 1 atom stereocenters. The molecule has 2 aromatic carbocycles. The van der Waals surface area contributed by atoms with E-state index in [4.69, 9.17) is 9.47 Å². The number of carbonyl (C=O) groups is 2. The fraction of sp³-hybridized carbons (Fsp3) is 0.360. The number of ketones is 1. The highest BCUT2D eigenvalue weighted by Gasteiger charge is 2.46. The van der Waals surface area contributed by atoms with Crippen LogP contribution in [0.1, 0.15) is 44.9 Å². The van der Waals surface area contributed by atoms with Crippen molar-refractivity contribution in [1.29, 1.82) is 0 Å². The van der Waals surface area contributed by atoms with Crippen molar-refractivity contribution < 1.29 is 24.2 Å². The number of aliphatic hydroxyl groups excluding tert-OH is 1. The Hall–Kier alpha value is -3.28. The number of hydrogen-bond donors (Lipinski definition) is 1. The summed E-state index contributed by atoms with van der Waals surface area (Å²) in [6.45, 7) is 7.38. The maximum absolute atomic E-state index is 13.3. The van der Waals surface area contributed by atoms with Crippen LogP contribution < -0.4 is 14.4 Å². The van der Waals surface area contributed by atoms with Crippen molar-refractivity contribution in [2.45, 2.75) is 40.2 Å². The van der Waals surface area contributed by atoms with E-state index in [1.165, 1.54) is 19.1 Å². The van der Waals surface area contributed by atoms with Gasteiger partial charge in [0.25, 0.3) is 5.91 Å². The Labute approximate surface area is 183 Å².